The smallest absolute Gasteiger partial charge is 0.330 e. The highest BCUT2D eigenvalue weighted by atomic mass is 16.5. The lowest BCUT2D eigenvalue weighted by Gasteiger charge is -2.31. The van der Waals surface area contributed by atoms with Crippen molar-refractivity contribution in [3.05, 3.63) is 28.8 Å². The number of likely N-dealkylation sites (tertiary alicyclic amines) is 1. The molecule has 1 atom stereocenters. The molecule has 136 valence electrons. The molecule has 0 unspecified atom stereocenters. The van der Waals surface area contributed by atoms with Crippen molar-refractivity contribution in [1.82, 2.24) is 19.0 Å². The summed E-state index contributed by atoms with van der Waals surface area (Å²) in [6.07, 6.45) is 4.95. The van der Waals surface area contributed by atoms with Gasteiger partial charge in [-0.1, -0.05) is 0 Å². The zero-order valence-corrected chi connectivity index (χ0v) is 14.8. The van der Waals surface area contributed by atoms with E-state index in [1.807, 2.05) is 16.7 Å². The van der Waals surface area contributed by atoms with E-state index in [1.54, 1.807) is 17.9 Å². The van der Waals surface area contributed by atoms with Gasteiger partial charge in [0, 0.05) is 45.7 Å². The van der Waals surface area contributed by atoms with Crippen LogP contribution in [0.5, 0.6) is 0 Å². The molecule has 0 saturated carbocycles. The summed E-state index contributed by atoms with van der Waals surface area (Å²) in [7, 11) is 1.66. The standard InChI is InChI=1S/C18H26N4O3/c1-24-12-9-21-16-3-2-7-19-17(16)22(18(21)23)15-4-8-20(13-15)14-5-10-25-11-6-14/h2-3,7,14-15H,4-6,8-13H2,1H3/t15-/m1/s1. The molecule has 25 heavy (non-hydrogen) atoms. The van der Waals surface area contributed by atoms with E-state index < -0.39 is 0 Å². The summed E-state index contributed by atoms with van der Waals surface area (Å²) < 4.78 is 14.4. The Hall–Kier alpha value is -1.70. The van der Waals surface area contributed by atoms with Gasteiger partial charge in [-0.2, -0.15) is 0 Å². The molecule has 7 heteroatoms. The lowest BCUT2D eigenvalue weighted by Crippen LogP contribution is -2.38. The first-order valence-electron chi connectivity index (χ1n) is 9.16. The molecule has 0 bridgehead atoms. The number of nitrogens with zero attached hydrogens (tertiary/aromatic N) is 4. The normalized spacial score (nSPS) is 22.8. The zero-order valence-electron chi connectivity index (χ0n) is 14.8. The highest BCUT2D eigenvalue weighted by molar-refractivity contribution is 5.71. The number of fused-ring (bicyclic) bond motifs is 1. The molecule has 0 aromatic carbocycles. The van der Waals surface area contributed by atoms with Crippen molar-refractivity contribution in [3.8, 4) is 0 Å². The van der Waals surface area contributed by atoms with Gasteiger partial charge in [0.25, 0.3) is 0 Å². The Kier molecular flexibility index (Phi) is 4.87. The third-order valence-corrected chi connectivity index (χ3v) is 5.51. The highest BCUT2D eigenvalue weighted by Crippen LogP contribution is 2.28. The average molecular weight is 346 g/mol. The molecule has 2 aromatic rings. The Morgan fingerprint density at radius 1 is 1.28 bits per heavy atom. The zero-order chi connectivity index (χ0) is 17.2. The Morgan fingerprint density at radius 2 is 2.12 bits per heavy atom. The molecule has 2 aliphatic heterocycles. The second kappa shape index (κ2) is 7.27. The molecule has 4 heterocycles. The molecule has 2 aromatic heterocycles. The third kappa shape index (κ3) is 3.12. The first-order valence-corrected chi connectivity index (χ1v) is 9.16. The minimum absolute atomic E-state index is 0.0320. The van der Waals surface area contributed by atoms with E-state index in [-0.39, 0.29) is 11.7 Å². The van der Waals surface area contributed by atoms with Crippen molar-refractivity contribution >= 4 is 11.2 Å². The summed E-state index contributed by atoms with van der Waals surface area (Å²) in [4.78, 5) is 20.1. The monoisotopic (exact) mass is 346 g/mol. The Bertz CT molecular complexity index is 778. The SMILES string of the molecule is COCCn1c(=O)n([C@@H]2CCN(C3CCOCC3)C2)c2ncccc21. The van der Waals surface area contributed by atoms with Crippen molar-refractivity contribution in [3.63, 3.8) is 0 Å². The molecule has 0 amide bonds. The number of imidazole rings is 1. The Labute approximate surface area is 147 Å². The van der Waals surface area contributed by atoms with Gasteiger partial charge >= 0.3 is 5.69 Å². The molecule has 0 radical (unpaired) electrons. The largest absolute Gasteiger partial charge is 0.383 e. The first kappa shape index (κ1) is 16.8. The number of methoxy groups -OCH3 is 1. The molecule has 2 saturated heterocycles. The van der Waals surface area contributed by atoms with Crippen LogP contribution in [0.15, 0.2) is 23.1 Å². The minimum atomic E-state index is 0.0320. The van der Waals surface area contributed by atoms with Crippen LogP contribution in [0, 0.1) is 0 Å². The number of rotatable bonds is 5. The van der Waals surface area contributed by atoms with Gasteiger partial charge in [-0.15, -0.1) is 0 Å². The van der Waals surface area contributed by atoms with Crippen molar-refractivity contribution < 1.29 is 9.47 Å². The van der Waals surface area contributed by atoms with Crippen LogP contribution < -0.4 is 5.69 Å². The maximum atomic E-state index is 13.1. The number of hydrogen-bond donors (Lipinski definition) is 0. The van der Waals surface area contributed by atoms with Gasteiger partial charge < -0.3 is 9.47 Å². The van der Waals surface area contributed by atoms with E-state index in [9.17, 15) is 4.79 Å². The summed E-state index contributed by atoms with van der Waals surface area (Å²) >= 11 is 0. The van der Waals surface area contributed by atoms with Crippen molar-refractivity contribution in [2.45, 2.75) is 37.9 Å². The fourth-order valence-electron chi connectivity index (χ4n) is 4.20. The first-order chi connectivity index (χ1) is 12.3. The van der Waals surface area contributed by atoms with Crippen LogP contribution in [0.3, 0.4) is 0 Å². The molecule has 0 aliphatic carbocycles. The van der Waals surface area contributed by atoms with Gasteiger partial charge in [0.05, 0.1) is 24.7 Å². The van der Waals surface area contributed by atoms with E-state index in [0.717, 1.165) is 56.7 Å². The summed E-state index contributed by atoms with van der Waals surface area (Å²) in [6.45, 7) is 4.74. The van der Waals surface area contributed by atoms with Crippen LogP contribution in [-0.4, -0.2) is 65.1 Å². The van der Waals surface area contributed by atoms with Crippen LogP contribution >= 0.6 is 0 Å². The second-order valence-corrected chi connectivity index (χ2v) is 6.92. The fourth-order valence-corrected chi connectivity index (χ4v) is 4.20. The van der Waals surface area contributed by atoms with E-state index in [1.165, 1.54) is 0 Å². The van der Waals surface area contributed by atoms with Crippen LogP contribution in [0.1, 0.15) is 25.3 Å². The van der Waals surface area contributed by atoms with Crippen LogP contribution in [-0.2, 0) is 16.0 Å². The number of pyridine rings is 1. The molecule has 0 spiro atoms. The number of hydrogen-bond acceptors (Lipinski definition) is 5. The summed E-state index contributed by atoms with van der Waals surface area (Å²) in [5.74, 6) is 0. The maximum absolute atomic E-state index is 13.1. The Morgan fingerprint density at radius 3 is 2.92 bits per heavy atom. The molecule has 2 aliphatic rings. The van der Waals surface area contributed by atoms with Crippen LogP contribution in [0.2, 0.25) is 0 Å². The molecule has 4 rings (SSSR count). The molecular formula is C18H26N4O3. The quantitative estimate of drug-likeness (QED) is 0.816. The van der Waals surface area contributed by atoms with Crippen molar-refractivity contribution in [2.24, 2.45) is 0 Å². The lowest BCUT2D eigenvalue weighted by atomic mass is 10.1. The predicted molar refractivity (Wildman–Crippen MR) is 94.9 cm³/mol. The highest BCUT2D eigenvalue weighted by Gasteiger charge is 2.32. The fraction of sp³-hybridized carbons (Fsp3) is 0.667. The van der Waals surface area contributed by atoms with Crippen molar-refractivity contribution in [1.29, 1.82) is 0 Å². The van der Waals surface area contributed by atoms with Gasteiger partial charge in [-0.05, 0) is 31.4 Å². The van der Waals surface area contributed by atoms with Gasteiger partial charge in [0.1, 0.15) is 0 Å². The van der Waals surface area contributed by atoms with Gasteiger partial charge in [-0.25, -0.2) is 9.78 Å². The topological polar surface area (TPSA) is 61.5 Å². The summed E-state index contributed by atoms with van der Waals surface area (Å²) in [5.41, 5.74) is 1.72. The number of ether oxygens (including phenoxy) is 2. The summed E-state index contributed by atoms with van der Waals surface area (Å²) in [5, 5.41) is 0. The third-order valence-electron chi connectivity index (χ3n) is 5.51. The predicted octanol–water partition coefficient (Wildman–Crippen LogP) is 1.27. The molecule has 7 nitrogen and oxygen atoms in total. The minimum Gasteiger partial charge on any atom is -0.383 e. The van der Waals surface area contributed by atoms with E-state index in [2.05, 4.69) is 9.88 Å². The Balaban J connectivity index is 1.63. The molecule has 0 N–H and O–H groups in total. The van der Waals surface area contributed by atoms with Crippen LogP contribution in [0.4, 0.5) is 0 Å². The second-order valence-electron chi connectivity index (χ2n) is 6.92. The maximum Gasteiger partial charge on any atom is 0.330 e. The van der Waals surface area contributed by atoms with Crippen molar-refractivity contribution in [2.75, 3.05) is 40.0 Å². The van der Waals surface area contributed by atoms with Crippen LogP contribution in [0.25, 0.3) is 11.2 Å². The van der Waals surface area contributed by atoms with Gasteiger partial charge in [0.2, 0.25) is 0 Å². The molecular weight excluding hydrogens is 320 g/mol. The van der Waals surface area contributed by atoms with Gasteiger partial charge in [-0.3, -0.25) is 14.0 Å². The van der Waals surface area contributed by atoms with E-state index in [0.29, 0.717) is 19.2 Å². The van der Waals surface area contributed by atoms with E-state index in [4.69, 9.17) is 9.47 Å². The van der Waals surface area contributed by atoms with E-state index >= 15 is 0 Å². The molecule has 2 fully saturated rings. The summed E-state index contributed by atoms with van der Waals surface area (Å²) in [6, 6.07) is 4.64. The number of aromatic nitrogens is 3. The lowest BCUT2D eigenvalue weighted by molar-refractivity contribution is 0.0413. The average Bonchev–Trinajstić information content (AvgIpc) is 3.23. The van der Waals surface area contributed by atoms with Gasteiger partial charge in [0.15, 0.2) is 5.65 Å².